The van der Waals surface area contributed by atoms with Crippen molar-refractivity contribution in [1.82, 2.24) is 15.0 Å². The van der Waals surface area contributed by atoms with E-state index in [9.17, 15) is 9.18 Å². The maximum absolute atomic E-state index is 13.4. The second-order valence-electron chi connectivity index (χ2n) is 5.84. The monoisotopic (exact) mass is 441 g/mol. The second kappa shape index (κ2) is 7.25. The van der Waals surface area contributed by atoms with Crippen molar-refractivity contribution in [1.29, 1.82) is 0 Å². The van der Waals surface area contributed by atoms with Crippen molar-refractivity contribution in [2.24, 2.45) is 0 Å². The van der Waals surface area contributed by atoms with Gasteiger partial charge in [0.05, 0.1) is 11.1 Å². The summed E-state index contributed by atoms with van der Waals surface area (Å²) in [5, 5.41) is 0.887. The molecule has 0 unspecified atom stereocenters. The quantitative estimate of drug-likeness (QED) is 0.347. The molecule has 0 atom stereocenters. The zero-order valence-electron chi connectivity index (χ0n) is 14.2. The largest absolute Gasteiger partial charge is 0.301 e. The number of fused-ring (bicyclic) bond motifs is 1. The first-order chi connectivity index (χ1) is 13.0. The summed E-state index contributed by atoms with van der Waals surface area (Å²) in [4.78, 5) is 24.5. The van der Waals surface area contributed by atoms with Crippen LogP contribution in [0.4, 0.5) is 4.39 Å². The number of nitrogens with zero attached hydrogens (tertiary/aromatic N) is 2. The molecule has 1 N–H and O–H groups in total. The lowest BCUT2D eigenvalue weighted by Crippen LogP contribution is -2.11. The van der Waals surface area contributed by atoms with Gasteiger partial charge in [-0.15, -0.1) is 0 Å². The molecular weight excluding hydrogens is 429 g/mol. The van der Waals surface area contributed by atoms with E-state index in [0.717, 1.165) is 15.6 Å². The summed E-state index contributed by atoms with van der Waals surface area (Å²) in [6.07, 6.45) is 1.84. The van der Waals surface area contributed by atoms with E-state index in [1.165, 1.54) is 23.9 Å². The third-order valence-electron chi connectivity index (χ3n) is 4.14. The summed E-state index contributed by atoms with van der Waals surface area (Å²) in [7, 11) is 0. The Morgan fingerprint density at radius 3 is 2.33 bits per heavy atom. The van der Waals surface area contributed by atoms with Crippen LogP contribution in [-0.4, -0.2) is 21.2 Å². The van der Waals surface area contributed by atoms with Gasteiger partial charge in [0.1, 0.15) is 5.82 Å². The number of hydrogen-bond donors (Lipinski definition) is 1. The van der Waals surface area contributed by atoms with Gasteiger partial charge in [-0.05, 0) is 42.2 Å². The minimum Gasteiger partial charge on any atom is -0.301 e. The molecule has 134 valence electrons. The fourth-order valence-corrected chi connectivity index (χ4v) is 3.48. The molecule has 2 heterocycles. The molecule has 7 heteroatoms. The van der Waals surface area contributed by atoms with Gasteiger partial charge in [0.15, 0.2) is 10.8 Å². The second-order valence-corrected chi connectivity index (χ2v) is 7.55. The fraction of sp³-hybridized carbons (Fsp3) is 0.0500. The summed E-state index contributed by atoms with van der Waals surface area (Å²) in [5.74, 6) is -0.332. The van der Waals surface area contributed by atoms with Gasteiger partial charge in [-0.1, -0.05) is 52.0 Å². The van der Waals surface area contributed by atoms with Crippen LogP contribution in [0.1, 0.15) is 0 Å². The molecule has 0 aliphatic heterocycles. The lowest BCUT2D eigenvalue weighted by Gasteiger charge is -2.10. The number of H-pyrrole nitrogens is 1. The zero-order valence-corrected chi connectivity index (χ0v) is 16.6. The molecule has 0 bridgehead atoms. The molecule has 0 amide bonds. The Labute approximate surface area is 167 Å². The summed E-state index contributed by atoms with van der Waals surface area (Å²) in [6.45, 7) is 0. The van der Waals surface area contributed by atoms with E-state index in [4.69, 9.17) is 0 Å². The Balaban J connectivity index is 2.05. The molecule has 4 rings (SSSR count). The molecule has 0 aliphatic rings. The number of benzene rings is 2. The average Bonchev–Trinajstić information content (AvgIpc) is 2.68. The fourth-order valence-electron chi connectivity index (χ4n) is 2.84. The van der Waals surface area contributed by atoms with Gasteiger partial charge >= 0.3 is 0 Å². The first kappa shape index (κ1) is 17.9. The third-order valence-corrected chi connectivity index (χ3v) is 5.25. The molecular formula is C20H13BrFN3OS. The number of aromatic amines is 1. The zero-order chi connectivity index (χ0) is 19.0. The maximum Gasteiger partial charge on any atom is 0.261 e. The molecule has 0 fully saturated rings. The molecule has 27 heavy (non-hydrogen) atoms. The highest BCUT2D eigenvalue weighted by atomic mass is 79.9. The van der Waals surface area contributed by atoms with Gasteiger partial charge in [-0.25, -0.2) is 14.4 Å². The lowest BCUT2D eigenvalue weighted by atomic mass is 10.0. The molecule has 0 radical (unpaired) electrons. The SMILES string of the molecule is CSc1nc2nc(-c3ccc(Br)cc3)cc(-c3ccc(F)cc3)c2c(=O)[nH]1. The highest BCUT2D eigenvalue weighted by Crippen LogP contribution is 2.31. The smallest absolute Gasteiger partial charge is 0.261 e. The average molecular weight is 442 g/mol. The van der Waals surface area contributed by atoms with Gasteiger partial charge < -0.3 is 4.98 Å². The van der Waals surface area contributed by atoms with E-state index in [1.54, 1.807) is 12.1 Å². The van der Waals surface area contributed by atoms with Crippen LogP contribution in [0.25, 0.3) is 33.4 Å². The van der Waals surface area contributed by atoms with Crippen molar-refractivity contribution in [3.05, 3.63) is 75.2 Å². The van der Waals surface area contributed by atoms with Crippen molar-refractivity contribution in [3.63, 3.8) is 0 Å². The number of hydrogen-bond acceptors (Lipinski definition) is 4. The van der Waals surface area contributed by atoms with Crippen molar-refractivity contribution < 1.29 is 4.39 Å². The Kier molecular flexibility index (Phi) is 4.80. The third kappa shape index (κ3) is 3.52. The predicted octanol–water partition coefficient (Wildman–Crippen LogP) is 5.28. The van der Waals surface area contributed by atoms with E-state index < -0.39 is 0 Å². The van der Waals surface area contributed by atoms with Gasteiger partial charge in [0.25, 0.3) is 5.56 Å². The van der Waals surface area contributed by atoms with Crippen LogP contribution < -0.4 is 5.56 Å². The molecule has 2 aromatic heterocycles. The lowest BCUT2D eigenvalue weighted by molar-refractivity contribution is 0.628. The van der Waals surface area contributed by atoms with E-state index >= 15 is 0 Å². The molecule has 0 saturated carbocycles. The Hall–Kier alpha value is -2.51. The van der Waals surface area contributed by atoms with Crippen LogP contribution in [0, 0.1) is 5.82 Å². The molecule has 4 aromatic rings. The van der Waals surface area contributed by atoms with Crippen LogP contribution in [0.3, 0.4) is 0 Å². The van der Waals surface area contributed by atoms with Crippen molar-refractivity contribution >= 4 is 38.7 Å². The number of halogens is 2. The Bertz CT molecular complexity index is 1190. The topological polar surface area (TPSA) is 58.6 Å². The molecule has 2 aromatic carbocycles. The van der Waals surface area contributed by atoms with Crippen LogP contribution in [0.2, 0.25) is 0 Å². The van der Waals surface area contributed by atoms with E-state index in [-0.39, 0.29) is 11.4 Å². The molecule has 4 nitrogen and oxygen atoms in total. The van der Waals surface area contributed by atoms with E-state index in [1.807, 2.05) is 36.6 Å². The molecule has 0 saturated heterocycles. The van der Waals surface area contributed by atoms with Gasteiger partial charge in [-0.2, -0.15) is 0 Å². The van der Waals surface area contributed by atoms with E-state index in [0.29, 0.717) is 27.4 Å². The standard InChI is InChI=1S/C20H13BrFN3OS/c1-27-20-24-18-17(19(26)25-20)15(11-4-8-14(22)9-5-11)10-16(23-18)12-2-6-13(21)7-3-12/h2-10H,1H3,(H,23,24,25,26). The molecule has 0 aliphatic carbocycles. The van der Waals surface area contributed by atoms with Gasteiger partial charge in [0.2, 0.25) is 0 Å². The van der Waals surface area contributed by atoms with Crippen LogP contribution in [0.15, 0.2) is 69.0 Å². The van der Waals surface area contributed by atoms with Crippen LogP contribution >= 0.6 is 27.7 Å². The minimum absolute atomic E-state index is 0.265. The first-order valence-corrected chi connectivity index (χ1v) is 10.1. The first-order valence-electron chi connectivity index (χ1n) is 8.06. The number of rotatable bonds is 3. The van der Waals surface area contributed by atoms with Crippen LogP contribution in [0.5, 0.6) is 0 Å². The summed E-state index contributed by atoms with van der Waals surface area (Å²) < 4.78 is 14.3. The normalized spacial score (nSPS) is 11.1. The van der Waals surface area contributed by atoms with Gasteiger partial charge in [-0.3, -0.25) is 4.79 Å². The van der Waals surface area contributed by atoms with Crippen molar-refractivity contribution in [2.75, 3.05) is 6.26 Å². The van der Waals surface area contributed by atoms with Crippen molar-refractivity contribution in [2.45, 2.75) is 5.16 Å². The maximum atomic E-state index is 13.4. The number of nitrogens with one attached hydrogen (secondary N) is 1. The Morgan fingerprint density at radius 2 is 1.67 bits per heavy atom. The highest BCUT2D eigenvalue weighted by molar-refractivity contribution is 9.10. The predicted molar refractivity (Wildman–Crippen MR) is 110 cm³/mol. The summed E-state index contributed by atoms with van der Waals surface area (Å²) in [5.41, 5.74) is 3.09. The van der Waals surface area contributed by atoms with Crippen LogP contribution in [-0.2, 0) is 0 Å². The number of pyridine rings is 1. The van der Waals surface area contributed by atoms with Crippen molar-refractivity contribution in [3.8, 4) is 22.4 Å². The highest BCUT2D eigenvalue weighted by Gasteiger charge is 2.15. The van der Waals surface area contributed by atoms with Gasteiger partial charge in [0, 0.05) is 15.6 Å². The summed E-state index contributed by atoms with van der Waals surface area (Å²) >= 11 is 4.77. The minimum atomic E-state index is -0.332. The number of thioether (sulfide) groups is 1. The number of aromatic nitrogens is 3. The summed E-state index contributed by atoms with van der Waals surface area (Å²) in [6, 6.07) is 15.6. The van der Waals surface area contributed by atoms with E-state index in [2.05, 4.69) is 30.9 Å². The Morgan fingerprint density at radius 1 is 1.00 bits per heavy atom. The molecule has 0 spiro atoms.